The molecule has 1 fully saturated rings. The SMILES string of the molecule is c1ccc(P2[SH2]C[SH2]2)cc1. The molecule has 1 aliphatic heterocycles. The number of hydrogen-bond acceptors (Lipinski definition) is 0. The molecule has 0 bridgehead atoms. The highest BCUT2D eigenvalue weighted by atomic mass is 33.1. The van der Waals surface area contributed by atoms with Gasteiger partial charge in [0.2, 0.25) is 0 Å². The van der Waals surface area contributed by atoms with Gasteiger partial charge in [0.1, 0.15) is 0 Å². The number of hydrogen-bond donors (Lipinski definition) is 0. The molecule has 1 aromatic rings. The highest BCUT2D eigenvalue weighted by Gasteiger charge is 2.14. The Hall–Kier alpha value is 0.350. The second-order valence-electron chi connectivity index (χ2n) is 2.16. The number of rotatable bonds is 1. The molecule has 1 aliphatic rings. The summed E-state index contributed by atoms with van der Waals surface area (Å²) in [4.78, 5) is 0. The van der Waals surface area contributed by atoms with Crippen LogP contribution in [-0.4, -0.2) is 5.08 Å². The smallest absolute Gasteiger partial charge is 0.00628 e. The normalized spacial score (nSPS) is 31.8. The van der Waals surface area contributed by atoms with Crippen molar-refractivity contribution >= 4 is 34.4 Å². The van der Waals surface area contributed by atoms with Crippen LogP contribution in [0.3, 0.4) is 0 Å². The summed E-state index contributed by atoms with van der Waals surface area (Å²) in [6.07, 6.45) is 0.363. The molecule has 10 heavy (non-hydrogen) atoms. The van der Waals surface area contributed by atoms with Gasteiger partial charge in [-0.1, -0.05) is 30.3 Å². The summed E-state index contributed by atoms with van der Waals surface area (Å²) >= 11 is 2.53. The quantitative estimate of drug-likeness (QED) is 0.594. The first kappa shape index (κ1) is 7.02. The largest absolute Gasteiger partial charge is 0.226 e. The van der Waals surface area contributed by atoms with Gasteiger partial charge >= 0.3 is 0 Å². The molecule has 0 aromatic heterocycles. The Morgan fingerprint density at radius 1 is 1.10 bits per heavy atom. The van der Waals surface area contributed by atoms with Gasteiger partial charge in [0.05, 0.1) is 0 Å². The molecule has 0 N–H and O–H groups in total. The summed E-state index contributed by atoms with van der Waals surface area (Å²) in [6, 6.07) is 11.0. The maximum absolute atomic E-state index is 2.28. The Labute approximate surface area is 70.0 Å². The van der Waals surface area contributed by atoms with E-state index in [4.69, 9.17) is 0 Å². The molecular formula is C7H11PS2. The fourth-order valence-electron chi connectivity index (χ4n) is 0.918. The molecule has 0 unspecified atom stereocenters. The van der Waals surface area contributed by atoms with Gasteiger partial charge in [0.15, 0.2) is 0 Å². The first-order valence-corrected chi connectivity index (χ1v) is 8.73. The Balaban J connectivity index is 2.18. The molecule has 3 heteroatoms. The van der Waals surface area contributed by atoms with Crippen LogP contribution < -0.4 is 5.30 Å². The molecule has 0 atom stereocenters. The summed E-state index contributed by atoms with van der Waals surface area (Å²) in [5.41, 5.74) is 0. The zero-order valence-electron chi connectivity index (χ0n) is 5.54. The fraction of sp³-hybridized carbons (Fsp3) is 0.143. The molecule has 1 heterocycles. The van der Waals surface area contributed by atoms with Crippen LogP contribution in [0.2, 0.25) is 0 Å². The van der Waals surface area contributed by atoms with E-state index in [2.05, 4.69) is 30.3 Å². The van der Waals surface area contributed by atoms with Crippen molar-refractivity contribution in [2.75, 3.05) is 5.08 Å². The molecular weight excluding hydrogens is 179 g/mol. The second kappa shape index (κ2) is 3.17. The van der Waals surface area contributed by atoms with Crippen LogP contribution in [0.15, 0.2) is 30.3 Å². The monoisotopic (exact) mass is 190 g/mol. The topological polar surface area (TPSA) is 0 Å². The summed E-state index contributed by atoms with van der Waals surface area (Å²) in [5.74, 6) is 0. The van der Waals surface area contributed by atoms with Crippen molar-refractivity contribution in [2.24, 2.45) is 0 Å². The molecule has 1 saturated heterocycles. The van der Waals surface area contributed by atoms with E-state index in [-0.39, 0.29) is 0 Å². The molecule has 0 saturated carbocycles. The average molecular weight is 190 g/mol. The predicted molar refractivity (Wildman–Crippen MR) is 58.6 cm³/mol. The van der Waals surface area contributed by atoms with Gasteiger partial charge in [0.25, 0.3) is 0 Å². The maximum Gasteiger partial charge on any atom is 0.00628 e. The standard InChI is InChI=1S/C7H11PS2/c1-2-4-7(5-3-1)8-9-6-10-8/h1-5H,6,9-10H2. The lowest BCUT2D eigenvalue weighted by Crippen LogP contribution is -1.98. The van der Waals surface area contributed by atoms with Gasteiger partial charge in [-0.05, 0) is 11.6 Å². The van der Waals surface area contributed by atoms with Crippen LogP contribution >= 0.6 is 29.1 Å². The molecule has 2 rings (SSSR count). The lowest BCUT2D eigenvalue weighted by atomic mass is 10.4. The van der Waals surface area contributed by atoms with Crippen molar-refractivity contribution in [1.29, 1.82) is 0 Å². The maximum atomic E-state index is 2.28. The minimum Gasteiger partial charge on any atom is -0.226 e. The van der Waals surface area contributed by atoms with E-state index in [0.717, 1.165) is 0 Å². The van der Waals surface area contributed by atoms with Crippen molar-refractivity contribution < 1.29 is 0 Å². The van der Waals surface area contributed by atoms with Gasteiger partial charge in [-0.15, -0.1) is 0 Å². The summed E-state index contributed by atoms with van der Waals surface area (Å²) in [5, 5.41) is 3.14. The third-order valence-corrected chi connectivity index (χ3v) is 13.3. The van der Waals surface area contributed by atoms with Crippen LogP contribution in [0.5, 0.6) is 0 Å². The zero-order chi connectivity index (χ0) is 6.81. The molecule has 56 valence electrons. The summed E-state index contributed by atoms with van der Waals surface area (Å²) < 4.78 is 0. The highest BCUT2D eigenvalue weighted by Crippen LogP contribution is 2.71. The molecule has 0 radical (unpaired) electrons. The van der Waals surface area contributed by atoms with Crippen molar-refractivity contribution in [3.8, 4) is 0 Å². The molecule has 0 nitrogen and oxygen atoms in total. The Morgan fingerprint density at radius 3 is 2.30 bits per heavy atom. The van der Waals surface area contributed by atoms with Crippen LogP contribution in [0.1, 0.15) is 0 Å². The summed E-state index contributed by atoms with van der Waals surface area (Å²) in [7, 11) is 0. The predicted octanol–water partition coefficient (Wildman–Crippen LogP) is 1.99. The number of benzene rings is 1. The fourth-order valence-corrected chi connectivity index (χ4v) is 7.85. The lowest BCUT2D eigenvalue weighted by Gasteiger charge is -2.30. The molecule has 0 aliphatic carbocycles. The van der Waals surface area contributed by atoms with E-state index in [1.54, 1.807) is 5.30 Å². The first-order valence-electron chi connectivity index (χ1n) is 3.29. The highest BCUT2D eigenvalue weighted by molar-refractivity contribution is 8.99. The van der Waals surface area contributed by atoms with Gasteiger partial charge in [0, 0.05) is 5.08 Å². The average Bonchev–Trinajstić information content (AvgIpc) is 1.86. The minimum absolute atomic E-state index is 0.363. The lowest BCUT2D eigenvalue weighted by molar-refractivity contribution is 1.78. The Morgan fingerprint density at radius 2 is 1.80 bits per heavy atom. The second-order valence-corrected chi connectivity index (χ2v) is 11.3. The van der Waals surface area contributed by atoms with Crippen LogP contribution in [0.25, 0.3) is 0 Å². The van der Waals surface area contributed by atoms with E-state index in [0.29, 0.717) is 6.33 Å². The van der Waals surface area contributed by atoms with E-state index in [9.17, 15) is 0 Å². The van der Waals surface area contributed by atoms with Crippen molar-refractivity contribution in [1.82, 2.24) is 0 Å². The zero-order valence-corrected chi connectivity index (χ0v) is 8.44. The molecule has 1 aromatic carbocycles. The summed E-state index contributed by atoms with van der Waals surface area (Å²) in [6.45, 7) is 0. The third kappa shape index (κ3) is 1.34. The minimum atomic E-state index is 0.363. The Kier molecular flexibility index (Phi) is 2.22. The van der Waals surface area contributed by atoms with Gasteiger partial charge in [-0.2, -0.15) is 0 Å². The van der Waals surface area contributed by atoms with Crippen molar-refractivity contribution in [3.63, 3.8) is 0 Å². The van der Waals surface area contributed by atoms with E-state index < -0.39 is 0 Å². The van der Waals surface area contributed by atoms with Crippen molar-refractivity contribution in [2.45, 2.75) is 0 Å². The first-order chi connectivity index (χ1) is 4.97. The third-order valence-electron chi connectivity index (χ3n) is 1.49. The van der Waals surface area contributed by atoms with Crippen LogP contribution in [0, 0.1) is 0 Å². The van der Waals surface area contributed by atoms with Gasteiger partial charge in [-0.25, -0.2) is 22.8 Å². The van der Waals surface area contributed by atoms with Crippen LogP contribution in [-0.2, 0) is 0 Å². The van der Waals surface area contributed by atoms with E-state index in [1.807, 2.05) is 0 Å². The van der Waals surface area contributed by atoms with E-state index in [1.165, 1.54) is 27.8 Å². The van der Waals surface area contributed by atoms with Gasteiger partial charge in [-0.3, -0.25) is 0 Å². The van der Waals surface area contributed by atoms with E-state index >= 15 is 0 Å². The van der Waals surface area contributed by atoms with Crippen LogP contribution in [0.4, 0.5) is 0 Å². The molecule has 0 spiro atoms. The van der Waals surface area contributed by atoms with Gasteiger partial charge < -0.3 is 0 Å². The Bertz CT molecular complexity index is 208. The van der Waals surface area contributed by atoms with Crippen molar-refractivity contribution in [3.05, 3.63) is 30.3 Å². The molecule has 0 amide bonds.